The van der Waals surface area contributed by atoms with E-state index in [4.69, 9.17) is 9.47 Å². The van der Waals surface area contributed by atoms with Crippen LogP contribution in [-0.2, 0) is 0 Å². The van der Waals surface area contributed by atoms with Crippen molar-refractivity contribution in [3.8, 4) is 17.2 Å². The zero-order chi connectivity index (χ0) is 18.0. The number of nitrogens with zero attached hydrogens (tertiary/aromatic N) is 1. The Labute approximate surface area is 143 Å². The van der Waals surface area contributed by atoms with Crippen molar-refractivity contribution in [2.45, 2.75) is 0 Å². The van der Waals surface area contributed by atoms with E-state index in [1.165, 1.54) is 18.2 Å². The van der Waals surface area contributed by atoms with Gasteiger partial charge >= 0.3 is 0 Å². The van der Waals surface area contributed by atoms with Gasteiger partial charge in [-0.1, -0.05) is 0 Å². The van der Waals surface area contributed by atoms with Gasteiger partial charge < -0.3 is 19.5 Å². The van der Waals surface area contributed by atoms with Crippen molar-refractivity contribution in [2.75, 3.05) is 25.8 Å². The molecule has 0 spiro atoms. The summed E-state index contributed by atoms with van der Waals surface area (Å²) in [4.78, 5) is 26.2. The maximum absolute atomic E-state index is 12.2. The number of benzene rings is 2. The number of carbonyl (C=O) groups excluding carboxylic acids is 2. The van der Waals surface area contributed by atoms with Crippen molar-refractivity contribution < 1.29 is 24.2 Å². The average molecular weight is 343 g/mol. The molecule has 0 unspecified atom stereocenters. The fraction of sp³-hybridized carbons (Fsp3) is 0.176. The monoisotopic (exact) mass is 343 g/mol. The SMILES string of the molecule is CN(C)c1ccc(O)c(C(=O)NNC(=O)c2ccc3c(c2)OCO3)c1. The van der Waals surface area contributed by atoms with Crippen LogP contribution < -0.4 is 25.2 Å². The van der Waals surface area contributed by atoms with Crippen LogP contribution in [0.5, 0.6) is 17.2 Å². The summed E-state index contributed by atoms with van der Waals surface area (Å²) in [6, 6.07) is 9.32. The average Bonchev–Trinajstić information content (AvgIpc) is 3.07. The third-order valence-electron chi connectivity index (χ3n) is 3.67. The molecule has 0 saturated carbocycles. The Kier molecular flexibility index (Phi) is 4.34. The van der Waals surface area contributed by atoms with Crippen molar-refractivity contribution >= 4 is 17.5 Å². The number of rotatable bonds is 3. The zero-order valence-electron chi connectivity index (χ0n) is 13.7. The number of carbonyl (C=O) groups is 2. The molecular formula is C17H17N3O5. The Hall–Kier alpha value is -3.42. The molecule has 1 heterocycles. The summed E-state index contributed by atoms with van der Waals surface area (Å²) < 4.78 is 10.4. The highest BCUT2D eigenvalue weighted by Gasteiger charge is 2.18. The highest BCUT2D eigenvalue weighted by atomic mass is 16.7. The van der Waals surface area contributed by atoms with E-state index in [0.29, 0.717) is 17.1 Å². The molecule has 1 aliphatic rings. The molecule has 0 bridgehead atoms. The van der Waals surface area contributed by atoms with Crippen LogP contribution in [0.4, 0.5) is 5.69 Å². The summed E-state index contributed by atoms with van der Waals surface area (Å²) in [5, 5.41) is 9.85. The number of hydrogen-bond acceptors (Lipinski definition) is 6. The second kappa shape index (κ2) is 6.60. The van der Waals surface area contributed by atoms with Gasteiger partial charge in [-0.25, -0.2) is 0 Å². The van der Waals surface area contributed by atoms with Gasteiger partial charge in [0.05, 0.1) is 5.56 Å². The number of anilines is 1. The van der Waals surface area contributed by atoms with E-state index in [1.807, 2.05) is 14.1 Å². The smallest absolute Gasteiger partial charge is 0.273 e. The third-order valence-corrected chi connectivity index (χ3v) is 3.67. The van der Waals surface area contributed by atoms with Gasteiger partial charge in [-0.15, -0.1) is 0 Å². The minimum atomic E-state index is -0.629. The Bertz CT molecular complexity index is 835. The first-order chi connectivity index (χ1) is 12.0. The molecule has 0 radical (unpaired) electrons. The summed E-state index contributed by atoms with van der Waals surface area (Å²) >= 11 is 0. The predicted octanol–water partition coefficient (Wildman–Crippen LogP) is 1.26. The van der Waals surface area contributed by atoms with Crippen LogP contribution in [0, 0.1) is 0 Å². The van der Waals surface area contributed by atoms with E-state index >= 15 is 0 Å². The molecule has 8 nitrogen and oxygen atoms in total. The van der Waals surface area contributed by atoms with Crippen LogP contribution in [0.2, 0.25) is 0 Å². The highest BCUT2D eigenvalue weighted by Crippen LogP contribution is 2.32. The van der Waals surface area contributed by atoms with Crippen LogP contribution in [0.15, 0.2) is 36.4 Å². The van der Waals surface area contributed by atoms with Crippen LogP contribution in [0.3, 0.4) is 0 Å². The van der Waals surface area contributed by atoms with Crippen LogP contribution in [0.1, 0.15) is 20.7 Å². The summed E-state index contributed by atoms with van der Waals surface area (Å²) in [6.45, 7) is 0.110. The number of fused-ring (bicyclic) bond motifs is 1. The van der Waals surface area contributed by atoms with E-state index in [0.717, 1.165) is 5.69 Å². The van der Waals surface area contributed by atoms with E-state index < -0.39 is 11.8 Å². The lowest BCUT2D eigenvalue weighted by atomic mass is 10.1. The highest BCUT2D eigenvalue weighted by molar-refractivity contribution is 6.01. The normalized spacial score (nSPS) is 11.8. The molecule has 2 amide bonds. The zero-order valence-corrected chi connectivity index (χ0v) is 13.7. The second-order valence-corrected chi connectivity index (χ2v) is 5.57. The lowest BCUT2D eigenvalue weighted by Gasteiger charge is -2.15. The molecule has 25 heavy (non-hydrogen) atoms. The van der Waals surface area contributed by atoms with Gasteiger partial charge in [0.1, 0.15) is 5.75 Å². The molecule has 0 aromatic heterocycles. The van der Waals surface area contributed by atoms with E-state index in [-0.39, 0.29) is 18.1 Å². The number of phenols is 1. The molecule has 2 aromatic carbocycles. The lowest BCUT2D eigenvalue weighted by molar-refractivity contribution is 0.0845. The Morgan fingerprint density at radius 2 is 1.72 bits per heavy atom. The molecule has 3 rings (SSSR count). The number of aromatic hydroxyl groups is 1. The fourth-order valence-corrected chi connectivity index (χ4v) is 2.27. The van der Waals surface area contributed by atoms with Gasteiger partial charge in [-0.3, -0.25) is 20.4 Å². The minimum Gasteiger partial charge on any atom is -0.507 e. The Morgan fingerprint density at radius 3 is 2.48 bits per heavy atom. The molecule has 0 saturated heterocycles. The largest absolute Gasteiger partial charge is 0.507 e. The molecule has 8 heteroatoms. The van der Waals surface area contributed by atoms with Gasteiger partial charge in [0, 0.05) is 25.3 Å². The van der Waals surface area contributed by atoms with Crippen molar-refractivity contribution in [3.05, 3.63) is 47.5 Å². The lowest BCUT2D eigenvalue weighted by Crippen LogP contribution is -2.41. The molecular weight excluding hydrogens is 326 g/mol. The van der Waals surface area contributed by atoms with E-state index in [2.05, 4.69) is 10.9 Å². The van der Waals surface area contributed by atoms with Gasteiger partial charge in [0.25, 0.3) is 11.8 Å². The molecule has 0 aliphatic carbocycles. The number of ether oxygens (including phenoxy) is 2. The summed E-state index contributed by atoms with van der Waals surface area (Å²) in [5.74, 6) is -0.299. The standard InChI is InChI=1S/C17H17N3O5/c1-20(2)11-4-5-13(21)12(8-11)17(23)19-18-16(22)10-3-6-14-15(7-10)25-9-24-14/h3-8,21H,9H2,1-2H3,(H,18,22)(H,19,23). The summed E-state index contributed by atoms with van der Waals surface area (Å²) in [5.41, 5.74) is 5.68. The van der Waals surface area contributed by atoms with Crippen molar-refractivity contribution in [3.63, 3.8) is 0 Å². The number of nitrogens with one attached hydrogen (secondary N) is 2. The second-order valence-electron chi connectivity index (χ2n) is 5.57. The van der Waals surface area contributed by atoms with E-state index in [1.54, 1.807) is 23.1 Å². The molecule has 130 valence electrons. The molecule has 1 aliphatic heterocycles. The maximum Gasteiger partial charge on any atom is 0.273 e. The van der Waals surface area contributed by atoms with Crippen LogP contribution >= 0.6 is 0 Å². The molecule has 3 N–H and O–H groups in total. The first-order valence-electron chi connectivity index (χ1n) is 7.46. The summed E-state index contributed by atoms with van der Waals surface area (Å²) in [6.07, 6.45) is 0. The molecule has 0 atom stereocenters. The molecule has 2 aromatic rings. The number of phenolic OH excluding ortho intramolecular Hbond substituents is 1. The number of hydrazine groups is 1. The quantitative estimate of drug-likeness (QED) is 0.726. The first kappa shape index (κ1) is 16.4. The third kappa shape index (κ3) is 3.42. The van der Waals surface area contributed by atoms with Crippen molar-refractivity contribution in [1.82, 2.24) is 10.9 Å². The maximum atomic E-state index is 12.2. The van der Waals surface area contributed by atoms with Crippen molar-refractivity contribution in [1.29, 1.82) is 0 Å². The van der Waals surface area contributed by atoms with E-state index in [9.17, 15) is 14.7 Å². The summed E-state index contributed by atoms with van der Waals surface area (Å²) in [7, 11) is 3.63. The first-order valence-corrected chi connectivity index (χ1v) is 7.46. The predicted molar refractivity (Wildman–Crippen MR) is 89.9 cm³/mol. The van der Waals surface area contributed by atoms with Crippen molar-refractivity contribution in [2.24, 2.45) is 0 Å². The van der Waals surface area contributed by atoms with Gasteiger partial charge in [0.15, 0.2) is 11.5 Å². The number of amides is 2. The Morgan fingerprint density at radius 1 is 1.00 bits per heavy atom. The fourth-order valence-electron chi connectivity index (χ4n) is 2.27. The van der Waals surface area contributed by atoms with Gasteiger partial charge in [-0.2, -0.15) is 0 Å². The van der Waals surface area contributed by atoms with Crippen LogP contribution in [0.25, 0.3) is 0 Å². The van der Waals surface area contributed by atoms with Gasteiger partial charge in [0.2, 0.25) is 6.79 Å². The minimum absolute atomic E-state index is 0.0530. The topological polar surface area (TPSA) is 100 Å². The van der Waals surface area contributed by atoms with Gasteiger partial charge in [-0.05, 0) is 36.4 Å². The molecule has 0 fully saturated rings. The number of hydrogen-bond donors (Lipinski definition) is 3. The van der Waals surface area contributed by atoms with Crippen LogP contribution in [-0.4, -0.2) is 37.8 Å². The Balaban J connectivity index is 1.68.